The first-order valence-electron chi connectivity index (χ1n) is 11.7. The number of fused-ring (bicyclic) bond motifs is 1. The largest absolute Gasteiger partial charge is 0.364 e. The van der Waals surface area contributed by atoms with Crippen LogP contribution in [0.1, 0.15) is 34.8 Å². The van der Waals surface area contributed by atoms with Crippen LogP contribution in [0.25, 0.3) is 17.0 Å². The van der Waals surface area contributed by atoms with Gasteiger partial charge < -0.3 is 10.2 Å². The molecule has 5 heterocycles. The lowest BCUT2D eigenvalue weighted by Crippen LogP contribution is -2.23. The van der Waals surface area contributed by atoms with E-state index in [0.717, 1.165) is 24.2 Å². The van der Waals surface area contributed by atoms with Gasteiger partial charge in [0.15, 0.2) is 0 Å². The normalized spacial score (nSPS) is 15.4. The summed E-state index contributed by atoms with van der Waals surface area (Å²) in [5, 5.41) is 19.0. The van der Waals surface area contributed by atoms with Gasteiger partial charge in [-0.15, -0.1) is 10.2 Å². The summed E-state index contributed by atoms with van der Waals surface area (Å²) in [6.45, 7) is 0.686. The third-order valence-electron chi connectivity index (χ3n) is 6.41. The number of benzene rings is 1. The van der Waals surface area contributed by atoms with Gasteiger partial charge >= 0.3 is 0 Å². The predicted octanol–water partition coefficient (Wildman–Crippen LogP) is 3.79. The Hall–Kier alpha value is -4.74. The summed E-state index contributed by atoms with van der Waals surface area (Å²) < 4.78 is 30.0. The van der Waals surface area contributed by atoms with E-state index in [4.69, 9.17) is 0 Å². The molecular formula is C25H21F2N9O. The van der Waals surface area contributed by atoms with E-state index in [2.05, 4.69) is 30.8 Å². The molecule has 10 nitrogen and oxygen atoms in total. The van der Waals surface area contributed by atoms with Crippen LogP contribution in [0.15, 0.2) is 61.1 Å². The fourth-order valence-electron chi connectivity index (χ4n) is 4.68. The van der Waals surface area contributed by atoms with E-state index in [9.17, 15) is 13.6 Å². The molecule has 37 heavy (non-hydrogen) atoms. The molecule has 0 saturated carbocycles. The van der Waals surface area contributed by atoms with E-state index in [-0.39, 0.29) is 11.9 Å². The molecule has 5 aromatic rings. The summed E-state index contributed by atoms with van der Waals surface area (Å²) in [6, 6.07) is 10.3. The molecule has 0 spiro atoms. The molecule has 6 rings (SSSR count). The van der Waals surface area contributed by atoms with Gasteiger partial charge in [-0.3, -0.25) is 9.78 Å². The van der Waals surface area contributed by atoms with Crippen LogP contribution in [0.5, 0.6) is 0 Å². The molecule has 4 aromatic heterocycles. The number of aromatic nitrogens is 7. The maximum absolute atomic E-state index is 14.5. The number of nitrogens with one attached hydrogen (secondary N) is 1. The number of tetrazole rings is 1. The van der Waals surface area contributed by atoms with E-state index in [0.29, 0.717) is 46.8 Å². The Morgan fingerprint density at radius 3 is 2.78 bits per heavy atom. The number of aryl methyl sites for hydroxylation is 1. The molecule has 1 aliphatic heterocycles. The molecule has 0 unspecified atom stereocenters. The van der Waals surface area contributed by atoms with Crippen LogP contribution >= 0.6 is 0 Å². The Bertz CT molecular complexity index is 1610. The Labute approximate surface area is 209 Å². The quantitative estimate of drug-likeness (QED) is 0.391. The molecule has 1 aromatic carbocycles. The van der Waals surface area contributed by atoms with Gasteiger partial charge in [0.25, 0.3) is 5.91 Å². The summed E-state index contributed by atoms with van der Waals surface area (Å²) in [4.78, 5) is 20.8. The van der Waals surface area contributed by atoms with Crippen LogP contribution < -0.4 is 10.2 Å². The number of nitrogens with zero attached hydrogens (tertiary/aromatic N) is 8. The standard InChI is InChI=1S/C25H21F2N9O/c1-34-32-24(31-33-34)21-7-5-16(13-28-21)30-25(37)19-14-29-36-10-8-17(12-23(19)36)35-9-2-3-22(35)18-11-15(26)4-6-20(18)27/h4-8,10-14,22H,2-3,9H2,1H3,(H,30,37)/t22-/m1/s1. The molecule has 1 fully saturated rings. The number of amides is 1. The number of hydrogen-bond donors (Lipinski definition) is 1. The highest BCUT2D eigenvalue weighted by Gasteiger charge is 2.29. The van der Waals surface area contributed by atoms with Crippen LogP contribution in [0.2, 0.25) is 0 Å². The van der Waals surface area contributed by atoms with Gasteiger partial charge in [-0.2, -0.15) is 9.90 Å². The Morgan fingerprint density at radius 2 is 2.00 bits per heavy atom. The fraction of sp³-hybridized carbons (Fsp3) is 0.200. The first-order valence-corrected chi connectivity index (χ1v) is 11.7. The molecular weight excluding hydrogens is 480 g/mol. The summed E-state index contributed by atoms with van der Waals surface area (Å²) in [6.07, 6.45) is 6.30. The van der Waals surface area contributed by atoms with Crippen molar-refractivity contribution in [3.05, 3.63) is 83.8 Å². The van der Waals surface area contributed by atoms with Crippen LogP contribution in [0, 0.1) is 11.6 Å². The Morgan fingerprint density at radius 1 is 1.11 bits per heavy atom. The molecule has 1 amide bonds. The molecule has 0 aliphatic carbocycles. The number of hydrogen-bond acceptors (Lipinski definition) is 7. The van der Waals surface area contributed by atoms with Crippen LogP contribution in [-0.2, 0) is 7.05 Å². The molecule has 186 valence electrons. The second-order valence-corrected chi connectivity index (χ2v) is 8.78. The summed E-state index contributed by atoms with van der Waals surface area (Å²) >= 11 is 0. The zero-order chi connectivity index (χ0) is 25.5. The third kappa shape index (κ3) is 4.26. The van der Waals surface area contributed by atoms with Gasteiger partial charge in [0.1, 0.15) is 17.3 Å². The van der Waals surface area contributed by atoms with Crippen LogP contribution in [0.3, 0.4) is 0 Å². The summed E-state index contributed by atoms with van der Waals surface area (Å²) in [5.41, 5.74) is 3.12. The lowest BCUT2D eigenvalue weighted by atomic mass is 10.0. The minimum Gasteiger partial charge on any atom is -0.364 e. The topological polar surface area (TPSA) is 106 Å². The van der Waals surface area contributed by atoms with Crippen molar-refractivity contribution in [1.29, 1.82) is 0 Å². The van der Waals surface area contributed by atoms with Crippen molar-refractivity contribution in [2.45, 2.75) is 18.9 Å². The molecule has 0 radical (unpaired) electrons. The molecule has 1 N–H and O–H groups in total. The lowest BCUT2D eigenvalue weighted by Gasteiger charge is -2.27. The van der Waals surface area contributed by atoms with Gasteiger partial charge in [0, 0.05) is 24.0 Å². The molecule has 1 aliphatic rings. The van der Waals surface area contributed by atoms with Gasteiger partial charge in [-0.25, -0.2) is 13.3 Å². The number of halogens is 2. The van der Waals surface area contributed by atoms with Crippen LogP contribution in [0.4, 0.5) is 20.2 Å². The second kappa shape index (κ2) is 9.04. The van der Waals surface area contributed by atoms with Gasteiger partial charge in [-0.05, 0) is 60.5 Å². The van der Waals surface area contributed by atoms with E-state index in [1.807, 2.05) is 17.0 Å². The van der Waals surface area contributed by atoms with Crippen molar-refractivity contribution < 1.29 is 13.6 Å². The van der Waals surface area contributed by atoms with Crippen molar-refractivity contribution in [2.75, 3.05) is 16.8 Å². The highest BCUT2D eigenvalue weighted by atomic mass is 19.1. The van der Waals surface area contributed by atoms with E-state index in [1.165, 1.54) is 23.3 Å². The lowest BCUT2D eigenvalue weighted by molar-refractivity contribution is 0.102. The van der Waals surface area contributed by atoms with Gasteiger partial charge in [0.05, 0.1) is 42.3 Å². The molecule has 1 atom stereocenters. The van der Waals surface area contributed by atoms with E-state index < -0.39 is 11.6 Å². The highest BCUT2D eigenvalue weighted by molar-refractivity contribution is 6.09. The number of carbonyl (C=O) groups is 1. The smallest absolute Gasteiger partial charge is 0.259 e. The minimum atomic E-state index is -0.469. The molecule has 0 bridgehead atoms. The fourth-order valence-corrected chi connectivity index (χ4v) is 4.68. The minimum absolute atomic E-state index is 0.299. The zero-order valence-electron chi connectivity index (χ0n) is 19.7. The number of anilines is 2. The second-order valence-electron chi connectivity index (χ2n) is 8.78. The zero-order valence-corrected chi connectivity index (χ0v) is 19.7. The van der Waals surface area contributed by atoms with Gasteiger partial charge in [0.2, 0.25) is 5.82 Å². The van der Waals surface area contributed by atoms with Crippen molar-refractivity contribution in [2.24, 2.45) is 7.05 Å². The number of carbonyl (C=O) groups excluding carboxylic acids is 1. The summed E-state index contributed by atoms with van der Waals surface area (Å²) in [5.74, 6) is -0.871. The average Bonchev–Trinajstić information content (AvgIpc) is 3.65. The Kier molecular flexibility index (Phi) is 5.55. The first kappa shape index (κ1) is 22.7. The number of rotatable bonds is 5. The first-order chi connectivity index (χ1) is 18.0. The van der Waals surface area contributed by atoms with Crippen molar-refractivity contribution in [3.63, 3.8) is 0 Å². The number of pyridine rings is 2. The molecule has 1 saturated heterocycles. The third-order valence-corrected chi connectivity index (χ3v) is 6.41. The van der Waals surface area contributed by atoms with Crippen molar-refractivity contribution >= 4 is 22.8 Å². The Balaban J connectivity index is 1.26. The van der Waals surface area contributed by atoms with Crippen LogP contribution in [-0.4, -0.2) is 47.3 Å². The predicted molar refractivity (Wildman–Crippen MR) is 131 cm³/mol. The SMILES string of the molecule is Cn1nnc(-c2ccc(NC(=O)c3cnn4ccc(N5CCC[C@@H]5c5cc(F)ccc5F)cc34)cn2)n1. The monoisotopic (exact) mass is 501 g/mol. The maximum atomic E-state index is 14.5. The van der Waals surface area contributed by atoms with Crippen molar-refractivity contribution in [1.82, 2.24) is 34.8 Å². The van der Waals surface area contributed by atoms with E-state index >= 15 is 0 Å². The average molecular weight is 502 g/mol. The molecule has 12 heteroatoms. The highest BCUT2D eigenvalue weighted by Crippen LogP contribution is 2.38. The maximum Gasteiger partial charge on any atom is 0.259 e. The summed E-state index contributed by atoms with van der Waals surface area (Å²) in [7, 11) is 1.66. The van der Waals surface area contributed by atoms with E-state index in [1.54, 1.807) is 29.9 Å². The van der Waals surface area contributed by atoms with Gasteiger partial charge in [-0.1, -0.05) is 0 Å². The van der Waals surface area contributed by atoms with Crippen molar-refractivity contribution in [3.8, 4) is 11.5 Å².